The standard InChI is InChI=1S/C16H21F2NO/c1-10(11-5-6-11)19(12-7-8-12)9-15(20)16-13(17)3-2-4-14(16)18/h2-4,10-12,15,20H,5-9H2,1H3. The molecule has 0 aliphatic heterocycles. The molecular weight excluding hydrogens is 260 g/mol. The molecular formula is C16H21F2NO. The molecule has 0 spiro atoms. The predicted molar refractivity (Wildman–Crippen MR) is 73.2 cm³/mol. The second-order valence-corrected chi connectivity index (χ2v) is 6.16. The first-order chi connectivity index (χ1) is 9.58. The van der Waals surface area contributed by atoms with E-state index in [-0.39, 0.29) is 5.56 Å². The summed E-state index contributed by atoms with van der Waals surface area (Å²) in [6.07, 6.45) is 3.62. The lowest BCUT2D eigenvalue weighted by atomic mass is 10.1. The van der Waals surface area contributed by atoms with Gasteiger partial charge in [-0.2, -0.15) is 0 Å². The summed E-state index contributed by atoms with van der Waals surface area (Å²) in [6.45, 7) is 2.49. The molecule has 1 N–H and O–H groups in total. The van der Waals surface area contributed by atoms with Gasteiger partial charge in [-0.25, -0.2) is 8.78 Å². The van der Waals surface area contributed by atoms with Crippen molar-refractivity contribution in [1.82, 2.24) is 4.90 Å². The molecule has 0 heterocycles. The van der Waals surface area contributed by atoms with E-state index in [1.165, 1.54) is 31.0 Å². The summed E-state index contributed by atoms with van der Waals surface area (Å²) in [4.78, 5) is 2.24. The lowest BCUT2D eigenvalue weighted by molar-refractivity contribution is 0.0745. The lowest BCUT2D eigenvalue weighted by Crippen LogP contribution is -2.39. The minimum atomic E-state index is -1.10. The van der Waals surface area contributed by atoms with E-state index in [4.69, 9.17) is 0 Å². The molecule has 2 saturated carbocycles. The van der Waals surface area contributed by atoms with Crippen LogP contribution >= 0.6 is 0 Å². The fourth-order valence-electron chi connectivity index (χ4n) is 3.02. The summed E-state index contributed by atoms with van der Waals surface area (Å²) in [5.41, 5.74) is -0.193. The number of nitrogens with zero attached hydrogens (tertiary/aromatic N) is 1. The lowest BCUT2D eigenvalue weighted by Gasteiger charge is -2.31. The summed E-state index contributed by atoms with van der Waals surface area (Å²) in [7, 11) is 0. The predicted octanol–water partition coefficient (Wildman–Crippen LogP) is 3.26. The maximum absolute atomic E-state index is 13.7. The summed E-state index contributed by atoms with van der Waals surface area (Å²) in [6, 6.07) is 4.61. The van der Waals surface area contributed by atoms with Crippen molar-refractivity contribution >= 4 is 0 Å². The molecule has 2 fully saturated rings. The van der Waals surface area contributed by atoms with Crippen molar-refractivity contribution in [2.45, 2.75) is 50.8 Å². The molecule has 0 amide bonds. The van der Waals surface area contributed by atoms with Crippen LogP contribution in [0.2, 0.25) is 0 Å². The number of hydrogen-bond donors (Lipinski definition) is 1. The highest BCUT2D eigenvalue weighted by Gasteiger charge is 2.40. The van der Waals surface area contributed by atoms with Crippen molar-refractivity contribution in [3.8, 4) is 0 Å². The monoisotopic (exact) mass is 281 g/mol. The first kappa shape index (κ1) is 14.0. The van der Waals surface area contributed by atoms with E-state index >= 15 is 0 Å². The molecule has 4 heteroatoms. The molecule has 20 heavy (non-hydrogen) atoms. The highest BCUT2D eigenvalue weighted by molar-refractivity contribution is 5.22. The third-order valence-corrected chi connectivity index (χ3v) is 4.56. The van der Waals surface area contributed by atoms with Gasteiger partial charge in [-0.05, 0) is 50.7 Å². The Labute approximate surface area is 118 Å². The van der Waals surface area contributed by atoms with Crippen LogP contribution in [0.3, 0.4) is 0 Å². The van der Waals surface area contributed by atoms with Crippen molar-refractivity contribution in [2.24, 2.45) is 5.92 Å². The van der Waals surface area contributed by atoms with Crippen molar-refractivity contribution in [2.75, 3.05) is 6.54 Å². The Bertz CT molecular complexity index is 465. The smallest absolute Gasteiger partial charge is 0.131 e. The Morgan fingerprint density at radius 1 is 1.20 bits per heavy atom. The highest BCUT2D eigenvalue weighted by atomic mass is 19.1. The maximum atomic E-state index is 13.7. The molecule has 2 atom stereocenters. The molecule has 3 rings (SSSR count). The van der Waals surface area contributed by atoms with Crippen LogP contribution in [0.15, 0.2) is 18.2 Å². The van der Waals surface area contributed by atoms with E-state index in [9.17, 15) is 13.9 Å². The van der Waals surface area contributed by atoms with E-state index in [2.05, 4.69) is 11.8 Å². The van der Waals surface area contributed by atoms with Gasteiger partial charge < -0.3 is 5.11 Å². The summed E-state index contributed by atoms with van der Waals surface area (Å²) in [5, 5.41) is 10.3. The van der Waals surface area contributed by atoms with Crippen LogP contribution in [-0.4, -0.2) is 28.6 Å². The Morgan fingerprint density at radius 2 is 1.80 bits per heavy atom. The normalized spacial score (nSPS) is 22.1. The fraction of sp³-hybridized carbons (Fsp3) is 0.625. The topological polar surface area (TPSA) is 23.5 Å². The first-order valence-electron chi connectivity index (χ1n) is 7.45. The Kier molecular flexibility index (Phi) is 3.78. The summed E-state index contributed by atoms with van der Waals surface area (Å²) < 4.78 is 27.4. The van der Waals surface area contributed by atoms with Crippen molar-refractivity contribution in [3.63, 3.8) is 0 Å². The largest absolute Gasteiger partial charge is 0.387 e. The third-order valence-electron chi connectivity index (χ3n) is 4.56. The molecule has 2 nitrogen and oxygen atoms in total. The van der Waals surface area contributed by atoms with Gasteiger partial charge in [0.2, 0.25) is 0 Å². The molecule has 2 aliphatic rings. The Morgan fingerprint density at radius 3 is 2.30 bits per heavy atom. The van der Waals surface area contributed by atoms with Crippen LogP contribution in [-0.2, 0) is 0 Å². The summed E-state index contributed by atoms with van der Waals surface area (Å²) in [5.74, 6) is -0.632. The second-order valence-electron chi connectivity index (χ2n) is 6.16. The van der Waals surface area contributed by atoms with Crippen LogP contribution in [0.5, 0.6) is 0 Å². The number of rotatable bonds is 6. The Balaban J connectivity index is 1.74. The van der Waals surface area contributed by atoms with Gasteiger partial charge in [-0.1, -0.05) is 6.07 Å². The van der Waals surface area contributed by atoms with Gasteiger partial charge >= 0.3 is 0 Å². The number of hydrogen-bond acceptors (Lipinski definition) is 2. The SMILES string of the molecule is CC(C1CC1)N(CC(O)c1c(F)cccc1F)C1CC1. The van der Waals surface area contributed by atoms with Gasteiger partial charge in [0.1, 0.15) is 11.6 Å². The quantitative estimate of drug-likeness (QED) is 0.865. The molecule has 2 aliphatic carbocycles. The van der Waals surface area contributed by atoms with Crippen molar-refractivity contribution in [3.05, 3.63) is 35.4 Å². The van der Waals surface area contributed by atoms with Crippen LogP contribution in [0.1, 0.15) is 44.3 Å². The highest BCUT2D eigenvalue weighted by Crippen LogP contribution is 2.40. The zero-order valence-electron chi connectivity index (χ0n) is 11.7. The van der Waals surface area contributed by atoms with Crippen LogP contribution < -0.4 is 0 Å². The fourth-order valence-corrected chi connectivity index (χ4v) is 3.02. The van der Waals surface area contributed by atoms with Crippen LogP contribution in [0.25, 0.3) is 0 Å². The van der Waals surface area contributed by atoms with Gasteiger partial charge in [-0.3, -0.25) is 4.90 Å². The van der Waals surface area contributed by atoms with Gasteiger partial charge in [0.15, 0.2) is 0 Å². The van der Waals surface area contributed by atoms with Crippen LogP contribution in [0.4, 0.5) is 8.78 Å². The minimum Gasteiger partial charge on any atom is -0.387 e. The van der Waals surface area contributed by atoms with Crippen molar-refractivity contribution < 1.29 is 13.9 Å². The number of aliphatic hydroxyl groups excluding tert-OH is 1. The zero-order chi connectivity index (χ0) is 14.3. The third kappa shape index (κ3) is 2.86. The minimum absolute atomic E-state index is 0.193. The first-order valence-corrected chi connectivity index (χ1v) is 7.45. The van der Waals surface area contributed by atoms with Crippen molar-refractivity contribution in [1.29, 1.82) is 0 Å². The number of aliphatic hydroxyl groups is 1. The average molecular weight is 281 g/mol. The molecule has 110 valence electrons. The van der Waals surface area contributed by atoms with Gasteiger partial charge in [0, 0.05) is 18.6 Å². The zero-order valence-corrected chi connectivity index (χ0v) is 11.7. The van der Waals surface area contributed by atoms with E-state index in [0.29, 0.717) is 24.5 Å². The Hall–Kier alpha value is -1.00. The number of halogens is 2. The van der Waals surface area contributed by atoms with E-state index < -0.39 is 17.7 Å². The molecule has 0 radical (unpaired) electrons. The summed E-state index contributed by atoms with van der Waals surface area (Å²) >= 11 is 0. The maximum Gasteiger partial charge on any atom is 0.131 e. The molecule has 1 aromatic rings. The molecule has 2 unspecified atom stereocenters. The molecule has 0 saturated heterocycles. The number of benzene rings is 1. The van der Waals surface area contributed by atoms with E-state index in [1.54, 1.807) is 0 Å². The van der Waals surface area contributed by atoms with Gasteiger partial charge in [0.05, 0.1) is 11.7 Å². The van der Waals surface area contributed by atoms with E-state index in [1.807, 2.05) is 0 Å². The molecule has 0 aromatic heterocycles. The van der Waals surface area contributed by atoms with Gasteiger partial charge in [0.25, 0.3) is 0 Å². The van der Waals surface area contributed by atoms with E-state index in [0.717, 1.165) is 12.8 Å². The second kappa shape index (κ2) is 5.41. The molecule has 1 aromatic carbocycles. The average Bonchev–Trinajstić information content (AvgIpc) is 3.28. The van der Waals surface area contributed by atoms with Gasteiger partial charge in [-0.15, -0.1) is 0 Å². The van der Waals surface area contributed by atoms with Crippen LogP contribution in [0, 0.1) is 17.6 Å². The molecule has 0 bridgehead atoms.